The molecule has 1 N–H and O–H groups in total. The van der Waals surface area contributed by atoms with Gasteiger partial charge >= 0.3 is 6.03 Å². The van der Waals surface area contributed by atoms with Gasteiger partial charge in [-0.15, -0.1) is 0 Å². The number of carbonyl (C=O) groups is 1. The van der Waals surface area contributed by atoms with E-state index >= 15 is 0 Å². The lowest BCUT2D eigenvalue weighted by Gasteiger charge is -2.39. The summed E-state index contributed by atoms with van der Waals surface area (Å²) in [5.41, 5.74) is 0. The molecule has 1 saturated carbocycles. The summed E-state index contributed by atoms with van der Waals surface area (Å²) >= 11 is 0. The highest BCUT2D eigenvalue weighted by Crippen LogP contribution is 2.37. The second-order valence-corrected chi connectivity index (χ2v) is 5.94. The van der Waals surface area contributed by atoms with Gasteiger partial charge in [-0.05, 0) is 6.07 Å². The molecule has 23 heavy (non-hydrogen) atoms. The smallest absolute Gasteiger partial charge is 0.317 e. The largest absolute Gasteiger partial charge is 0.497 e. The highest BCUT2D eigenvalue weighted by atomic mass is 19.3. The molecule has 1 saturated heterocycles. The molecule has 2 aliphatic rings. The summed E-state index contributed by atoms with van der Waals surface area (Å²) in [4.78, 5) is 20.1. The van der Waals surface area contributed by atoms with Crippen molar-refractivity contribution in [3.63, 3.8) is 0 Å². The number of carbonyl (C=O) groups excluding carboxylic acids is 1. The quantitative estimate of drug-likeness (QED) is 0.919. The molecule has 1 aromatic rings. The molecule has 0 aromatic carbocycles. The van der Waals surface area contributed by atoms with Crippen LogP contribution in [0.25, 0.3) is 0 Å². The van der Waals surface area contributed by atoms with Crippen LogP contribution in [0.15, 0.2) is 18.3 Å². The maximum absolute atomic E-state index is 12.8. The number of methoxy groups -OCH3 is 1. The number of amides is 2. The zero-order valence-electron chi connectivity index (χ0n) is 13.0. The second kappa shape index (κ2) is 6.17. The standard InChI is InChI=1S/C15H20F2N4O2/c1-23-12-2-3-18-13(8-12)20-4-6-21(7-5-20)14(22)19-11-9-15(16,17)10-11/h2-3,8,11H,4-7,9-10H2,1H3,(H,19,22). The van der Waals surface area contributed by atoms with E-state index in [-0.39, 0.29) is 18.9 Å². The number of urea groups is 1. The molecule has 2 heterocycles. The molecule has 1 aromatic heterocycles. The molecule has 0 atom stereocenters. The van der Waals surface area contributed by atoms with Gasteiger partial charge < -0.3 is 19.9 Å². The summed E-state index contributed by atoms with van der Waals surface area (Å²) < 4.78 is 30.8. The number of hydrogen-bond donors (Lipinski definition) is 1. The number of halogens is 2. The minimum atomic E-state index is -2.62. The predicted octanol–water partition coefficient (Wildman–Crippen LogP) is 1.72. The SMILES string of the molecule is COc1ccnc(N2CCN(C(=O)NC3CC(F)(F)C3)CC2)c1. The van der Waals surface area contributed by atoms with Gasteiger partial charge in [0, 0.05) is 57.3 Å². The van der Waals surface area contributed by atoms with Crippen LogP contribution < -0.4 is 15.0 Å². The van der Waals surface area contributed by atoms with Crippen LogP contribution in [0.5, 0.6) is 5.75 Å². The van der Waals surface area contributed by atoms with Crippen LogP contribution in [0.3, 0.4) is 0 Å². The maximum Gasteiger partial charge on any atom is 0.317 e. The van der Waals surface area contributed by atoms with Crippen molar-refractivity contribution in [2.45, 2.75) is 24.8 Å². The van der Waals surface area contributed by atoms with Crippen LogP contribution in [0.1, 0.15) is 12.8 Å². The zero-order chi connectivity index (χ0) is 16.4. The molecule has 2 fully saturated rings. The molecular weight excluding hydrogens is 306 g/mol. The maximum atomic E-state index is 12.8. The number of aromatic nitrogens is 1. The van der Waals surface area contributed by atoms with Gasteiger partial charge in [0.2, 0.25) is 0 Å². The molecule has 0 spiro atoms. The Kier molecular flexibility index (Phi) is 4.23. The van der Waals surface area contributed by atoms with Crippen LogP contribution in [-0.2, 0) is 0 Å². The molecule has 1 aliphatic heterocycles. The first kappa shape index (κ1) is 15.8. The van der Waals surface area contributed by atoms with Crippen molar-refractivity contribution in [2.75, 3.05) is 38.2 Å². The van der Waals surface area contributed by atoms with Crippen LogP contribution in [-0.4, -0.2) is 61.2 Å². The normalized spacial score (nSPS) is 20.8. The molecule has 1 aliphatic carbocycles. The highest BCUT2D eigenvalue weighted by Gasteiger charge is 2.46. The summed E-state index contributed by atoms with van der Waals surface area (Å²) in [6.07, 6.45) is 1.17. The number of nitrogens with one attached hydrogen (secondary N) is 1. The van der Waals surface area contributed by atoms with Gasteiger partial charge in [0.25, 0.3) is 5.92 Å². The Morgan fingerprint density at radius 3 is 2.65 bits per heavy atom. The second-order valence-electron chi connectivity index (χ2n) is 5.94. The summed E-state index contributed by atoms with van der Waals surface area (Å²) in [7, 11) is 1.60. The molecule has 0 radical (unpaired) electrons. The topological polar surface area (TPSA) is 57.7 Å². The van der Waals surface area contributed by atoms with Gasteiger partial charge in [0.1, 0.15) is 11.6 Å². The lowest BCUT2D eigenvalue weighted by atomic mass is 9.88. The Bertz CT molecular complexity index is 568. The van der Waals surface area contributed by atoms with Crippen LogP contribution in [0, 0.1) is 0 Å². The predicted molar refractivity (Wildman–Crippen MR) is 81.1 cm³/mol. The van der Waals surface area contributed by atoms with Gasteiger partial charge in [-0.1, -0.05) is 0 Å². The van der Waals surface area contributed by atoms with E-state index in [4.69, 9.17) is 4.74 Å². The fraction of sp³-hybridized carbons (Fsp3) is 0.600. The molecule has 3 rings (SSSR count). The summed E-state index contributed by atoms with van der Waals surface area (Å²) in [6, 6.07) is 2.97. The molecule has 6 nitrogen and oxygen atoms in total. The van der Waals surface area contributed by atoms with Crippen molar-refractivity contribution < 1.29 is 18.3 Å². The van der Waals surface area contributed by atoms with Crippen LogP contribution in [0.4, 0.5) is 19.4 Å². The molecule has 2 amide bonds. The number of alkyl halides is 2. The Balaban J connectivity index is 1.49. The minimum absolute atomic E-state index is 0.258. The first-order valence-electron chi connectivity index (χ1n) is 7.65. The minimum Gasteiger partial charge on any atom is -0.497 e. The van der Waals surface area contributed by atoms with E-state index in [1.807, 2.05) is 6.07 Å². The van der Waals surface area contributed by atoms with Gasteiger partial charge in [0.15, 0.2) is 0 Å². The van der Waals surface area contributed by atoms with E-state index in [2.05, 4.69) is 15.2 Å². The monoisotopic (exact) mass is 326 g/mol. The highest BCUT2D eigenvalue weighted by molar-refractivity contribution is 5.75. The Labute approximate surface area is 133 Å². The Hall–Kier alpha value is -2.12. The van der Waals surface area contributed by atoms with Crippen molar-refractivity contribution in [3.8, 4) is 5.75 Å². The van der Waals surface area contributed by atoms with Gasteiger partial charge in [-0.25, -0.2) is 18.6 Å². The number of hydrogen-bond acceptors (Lipinski definition) is 4. The fourth-order valence-electron chi connectivity index (χ4n) is 2.87. The summed E-state index contributed by atoms with van der Waals surface area (Å²) in [5.74, 6) is -1.07. The van der Waals surface area contributed by atoms with Gasteiger partial charge in [-0.3, -0.25) is 0 Å². The first-order chi connectivity index (χ1) is 11.0. The third-order valence-electron chi connectivity index (χ3n) is 4.26. The van der Waals surface area contributed by atoms with E-state index in [9.17, 15) is 13.6 Å². The Morgan fingerprint density at radius 1 is 1.35 bits per heavy atom. The number of anilines is 1. The zero-order valence-corrected chi connectivity index (χ0v) is 13.0. The van der Waals surface area contributed by atoms with Crippen molar-refractivity contribution in [1.82, 2.24) is 15.2 Å². The van der Waals surface area contributed by atoms with Crippen LogP contribution >= 0.6 is 0 Å². The number of rotatable bonds is 3. The summed E-state index contributed by atoms with van der Waals surface area (Å²) in [6.45, 7) is 2.37. The summed E-state index contributed by atoms with van der Waals surface area (Å²) in [5, 5.41) is 2.67. The third-order valence-corrected chi connectivity index (χ3v) is 4.26. The lowest BCUT2D eigenvalue weighted by molar-refractivity contribution is -0.0902. The molecule has 0 bridgehead atoms. The van der Waals surface area contributed by atoms with E-state index in [1.54, 1.807) is 24.3 Å². The fourth-order valence-corrected chi connectivity index (χ4v) is 2.87. The molecule has 8 heteroatoms. The van der Waals surface area contributed by atoms with Gasteiger partial charge in [0.05, 0.1) is 7.11 Å². The lowest BCUT2D eigenvalue weighted by Crippen LogP contribution is -2.57. The number of piperazine rings is 1. The number of ether oxygens (including phenoxy) is 1. The van der Waals surface area contributed by atoms with E-state index in [1.165, 1.54) is 0 Å². The van der Waals surface area contributed by atoms with E-state index in [0.29, 0.717) is 26.2 Å². The van der Waals surface area contributed by atoms with Crippen molar-refractivity contribution in [3.05, 3.63) is 18.3 Å². The van der Waals surface area contributed by atoms with E-state index < -0.39 is 12.0 Å². The molecule has 0 unspecified atom stereocenters. The van der Waals surface area contributed by atoms with Crippen molar-refractivity contribution in [2.24, 2.45) is 0 Å². The molecular formula is C15H20F2N4O2. The number of pyridine rings is 1. The van der Waals surface area contributed by atoms with E-state index in [0.717, 1.165) is 11.6 Å². The van der Waals surface area contributed by atoms with Crippen molar-refractivity contribution >= 4 is 11.8 Å². The third kappa shape index (κ3) is 3.62. The average Bonchev–Trinajstić information content (AvgIpc) is 2.53. The number of nitrogens with zero attached hydrogens (tertiary/aromatic N) is 3. The average molecular weight is 326 g/mol. The Morgan fingerprint density at radius 2 is 2.04 bits per heavy atom. The van der Waals surface area contributed by atoms with Gasteiger partial charge in [-0.2, -0.15) is 0 Å². The van der Waals surface area contributed by atoms with Crippen molar-refractivity contribution in [1.29, 1.82) is 0 Å². The first-order valence-corrected chi connectivity index (χ1v) is 7.65. The van der Waals surface area contributed by atoms with Crippen LogP contribution in [0.2, 0.25) is 0 Å². The molecule has 126 valence electrons.